The van der Waals surface area contributed by atoms with Crippen LogP contribution in [-0.2, 0) is 0 Å². The minimum atomic E-state index is 0.133. The molecule has 0 saturated carbocycles. The van der Waals surface area contributed by atoms with Crippen LogP contribution in [0.2, 0.25) is 0 Å². The first kappa shape index (κ1) is 13.2. The van der Waals surface area contributed by atoms with Gasteiger partial charge >= 0.3 is 0 Å². The van der Waals surface area contributed by atoms with Gasteiger partial charge in [-0.1, -0.05) is 55.0 Å². The van der Waals surface area contributed by atoms with Gasteiger partial charge < -0.3 is 10.1 Å². The van der Waals surface area contributed by atoms with Crippen molar-refractivity contribution in [3.05, 3.63) is 65.2 Å². The van der Waals surface area contributed by atoms with Gasteiger partial charge in [0.15, 0.2) is 0 Å². The summed E-state index contributed by atoms with van der Waals surface area (Å²) in [5, 5.41) is 3.58. The Balaban J connectivity index is 1.93. The van der Waals surface area contributed by atoms with E-state index in [0.717, 1.165) is 18.7 Å². The van der Waals surface area contributed by atoms with E-state index in [1.807, 2.05) is 6.07 Å². The van der Waals surface area contributed by atoms with E-state index in [2.05, 4.69) is 61.6 Å². The monoisotopic (exact) mass is 267 g/mol. The van der Waals surface area contributed by atoms with E-state index in [4.69, 9.17) is 4.74 Å². The molecule has 0 spiro atoms. The van der Waals surface area contributed by atoms with Crippen molar-refractivity contribution in [3.8, 4) is 5.75 Å². The van der Waals surface area contributed by atoms with Crippen LogP contribution in [0.3, 0.4) is 0 Å². The summed E-state index contributed by atoms with van der Waals surface area (Å²) in [6, 6.07) is 17.3. The smallest absolute Gasteiger partial charge is 0.126 e. The van der Waals surface area contributed by atoms with E-state index < -0.39 is 0 Å². The van der Waals surface area contributed by atoms with Crippen molar-refractivity contribution in [1.29, 1.82) is 0 Å². The van der Waals surface area contributed by atoms with Gasteiger partial charge in [0.1, 0.15) is 11.9 Å². The number of para-hydroxylation sites is 1. The lowest BCUT2D eigenvalue weighted by molar-refractivity contribution is 0.152. The first-order chi connectivity index (χ1) is 9.78. The van der Waals surface area contributed by atoms with Crippen LogP contribution in [0.15, 0.2) is 48.5 Å². The highest BCUT2D eigenvalue weighted by molar-refractivity contribution is 5.39. The van der Waals surface area contributed by atoms with Crippen molar-refractivity contribution in [2.45, 2.75) is 32.4 Å². The summed E-state index contributed by atoms with van der Waals surface area (Å²) >= 11 is 0. The Morgan fingerprint density at radius 3 is 2.80 bits per heavy atom. The van der Waals surface area contributed by atoms with Crippen LogP contribution in [0.25, 0.3) is 0 Å². The molecule has 0 aliphatic carbocycles. The van der Waals surface area contributed by atoms with Crippen molar-refractivity contribution < 1.29 is 4.74 Å². The molecule has 2 atom stereocenters. The fraction of sp³-hybridized carbons (Fsp3) is 0.333. The van der Waals surface area contributed by atoms with Crippen molar-refractivity contribution >= 4 is 0 Å². The molecule has 0 amide bonds. The summed E-state index contributed by atoms with van der Waals surface area (Å²) in [7, 11) is 0. The van der Waals surface area contributed by atoms with Crippen LogP contribution in [-0.4, -0.2) is 6.54 Å². The topological polar surface area (TPSA) is 21.3 Å². The van der Waals surface area contributed by atoms with E-state index in [0.29, 0.717) is 6.04 Å². The van der Waals surface area contributed by atoms with Crippen LogP contribution < -0.4 is 10.1 Å². The molecular formula is C18H21NO. The number of hydrogen-bond donors (Lipinski definition) is 1. The molecule has 104 valence electrons. The molecule has 1 heterocycles. The maximum absolute atomic E-state index is 6.21. The van der Waals surface area contributed by atoms with E-state index in [1.165, 1.54) is 16.7 Å². The number of ether oxygens (including phenoxy) is 1. The van der Waals surface area contributed by atoms with Crippen molar-refractivity contribution in [1.82, 2.24) is 5.32 Å². The Labute approximate surface area is 120 Å². The lowest BCUT2D eigenvalue weighted by atomic mass is 9.92. The van der Waals surface area contributed by atoms with E-state index in [-0.39, 0.29) is 6.10 Å². The number of aryl methyl sites for hydroxylation is 1. The highest BCUT2D eigenvalue weighted by Gasteiger charge is 2.28. The summed E-state index contributed by atoms with van der Waals surface area (Å²) < 4.78 is 6.21. The second-order valence-electron chi connectivity index (χ2n) is 5.40. The molecule has 2 aromatic carbocycles. The van der Waals surface area contributed by atoms with Crippen LogP contribution in [0.5, 0.6) is 5.75 Å². The minimum absolute atomic E-state index is 0.133. The molecule has 0 aromatic heterocycles. The maximum Gasteiger partial charge on any atom is 0.126 e. The Morgan fingerprint density at radius 2 is 2.00 bits per heavy atom. The van der Waals surface area contributed by atoms with Gasteiger partial charge in [0.05, 0.1) is 0 Å². The third-order valence-electron chi connectivity index (χ3n) is 3.88. The molecule has 2 nitrogen and oxygen atoms in total. The van der Waals surface area contributed by atoms with Crippen LogP contribution >= 0.6 is 0 Å². The lowest BCUT2D eigenvalue weighted by Gasteiger charge is -2.33. The first-order valence-corrected chi connectivity index (χ1v) is 7.33. The molecule has 2 unspecified atom stereocenters. The summed E-state index contributed by atoms with van der Waals surface area (Å²) in [6.07, 6.45) is 1.11. The standard InChI is InChI=1S/C18H21NO/c1-3-19-16-12-18(14-8-6-7-13(2)11-14)20-17-10-5-4-9-15(16)17/h4-11,16,18-19H,3,12H2,1-2H3. The number of benzene rings is 2. The number of fused-ring (bicyclic) bond motifs is 1. The highest BCUT2D eigenvalue weighted by atomic mass is 16.5. The summed E-state index contributed by atoms with van der Waals surface area (Å²) in [6.45, 7) is 5.25. The maximum atomic E-state index is 6.21. The molecule has 3 rings (SSSR count). The van der Waals surface area contributed by atoms with Crippen LogP contribution in [0.4, 0.5) is 0 Å². The molecule has 0 saturated heterocycles. The summed E-state index contributed by atoms with van der Waals surface area (Å²) in [4.78, 5) is 0. The Bertz CT molecular complexity index is 593. The molecule has 1 aliphatic rings. The zero-order valence-corrected chi connectivity index (χ0v) is 12.1. The van der Waals surface area contributed by atoms with Gasteiger partial charge in [-0.05, 0) is 25.1 Å². The number of rotatable bonds is 3. The molecule has 1 aliphatic heterocycles. The van der Waals surface area contributed by atoms with Gasteiger partial charge in [-0.15, -0.1) is 0 Å². The van der Waals surface area contributed by atoms with Gasteiger partial charge in [-0.2, -0.15) is 0 Å². The predicted molar refractivity (Wildman–Crippen MR) is 82.0 cm³/mol. The molecule has 20 heavy (non-hydrogen) atoms. The van der Waals surface area contributed by atoms with Gasteiger partial charge in [-0.25, -0.2) is 0 Å². The molecular weight excluding hydrogens is 246 g/mol. The first-order valence-electron chi connectivity index (χ1n) is 7.33. The van der Waals surface area contributed by atoms with Gasteiger partial charge in [0, 0.05) is 18.0 Å². The van der Waals surface area contributed by atoms with Crippen molar-refractivity contribution in [2.75, 3.05) is 6.54 Å². The van der Waals surface area contributed by atoms with Crippen LogP contribution in [0.1, 0.15) is 42.2 Å². The number of nitrogens with one attached hydrogen (secondary N) is 1. The van der Waals surface area contributed by atoms with Gasteiger partial charge in [-0.3, -0.25) is 0 Å². The van der Waals surface area contributed by atoms with Crippen molar-refractivity contribution in [3.63, 3.8) is 0 Å². The summed E-state index contributed by atoms with van der Waals surface area (Å²) in [5.41, 5.74) is 3.82. The zero-order valence-electron chi connectivity index (χ0n) is 12.1. The average Bonchev–Trinajstić information content (AvgIpc) is 2.47. The largest absolute Gasteiger partial charge is 0.485 e. The minimum Gasteiger partial charge on any atom is -0.485 e. The highest BCUT2D eigenvalue weighted by Crippen LogP contribution is 2.40. The normalized spacial score (nSPS) is 21.1. The summed E-state index contributed by atoms with van der Waals surface area (Å²) in [5.74, 6) is 1.01. The average molecular weight is 267 g/mol. The molecule has 2 aromatic rings. The second-order valence-corrected chi connectivity index (χ2v) is 5.40. The Hall–Kier alpha value is -1.80. The van der Waals surface area contributed by atoms with E-state index >= 15 is 0 Å². The fourth-order valence-electron chi connectivity index (χ4n) is 2.93. The third-order valence-corrected chi connectivity index (χ3v) is 3.88. The lowest BCUT2D eigenvalue weighted by Crippen LogP contribution is -2.28. The third kappa shape index (κ3) is 2.56. The van der Waals surface area contributed by atoms with E-state index in [1.54, 1.807) is 0 Å². The zero-order chi connectivity index (χ0) is 13.9. The van der Waals surface area contributed by atoms with E-state index in [9.17, 15) is 0 Å². The SMILES string of the molecule is CCNC1CC(c2cccc(C)c2)Oc2ccccc21. The van der Waals surface area contributed by atoms with Gasteiger partial charge in [0.25, 0.3) is 0 Å². The molecule has 0 fully saturated rings. The fourth-order valence-corrected chi connectivity index (χ4v) is 2.93. The van der Waals surface area contributed by atoms with Crippen molar-refractivity contribution in [2.24, 2.45) is 0 Å². The quantitative estimate of drug-likeness (QED) is 0.901. The second kappa shape index (κ2) is 5.68. The molecule has 0 bridgehead atoms. The molecule has 1 N–H and O–H groups in total. The Morgan fingerprint density at radius 1 is 1.15 bits per heavy atom. The number of hydrogen-bond acceptors (Lipinski definition) is 2. The molecule has 2 heteroatoms. The predicted octanol–water partition coefficient (Wildman–Crippen LogP) is 4.17. The molecule has 0 radical (unpaired) electrons. The van der Waals surface area contributed by atoms with Gasteiger partial charge in [0.2, 0.25) is 0 Å². The Kier molecular flexibility index (Phi) is 3.75. The van der Waals surface area contributed by atoms with Crippen LogP contribution in [0, 0.1) is 6.92 Å².